The van der Waals surface area contributed by atoms with E-state index >= 15 is 0 Å². The molecule has 2 nitrogen and oxygen atoms in total. The molecule has 0 amide bonds. The molecule has 0 aliphatic heterocycles. The van der Waals surface area contributed by atoms with Crippen molar-refractivity contribution in [1.29, 1.82) is 0 Å². The van der Waals surface area contributed by atoms with Gasteiger partial charge >= 0.3 is 0 Å². The van der Waals surface area contributed by atoms with Crippen LogP contribution >= 0.6 is 11.6 Å². The van der Waals surface area contributed by atoms with E-state index in [2.05, 4.69) is 0 Å². The van der Waals surface area contributed by atoms with E-state index in [4.69, 9.17) is 22.1 Å². The monoisotopic (exact) mass is 269 g/mol. The number of nitrogens with two attached hydrogens (primary N) is 1. The molecule has 0 fully saturated rings. The molecule has 5 heteroatoms. The summed E-state index contributed by atoms with van der Waals surface area (Å²) in [7, 11) is 0. The summed E-state index contributed by atoms with van der Waals surface area (Å²) in [6.45, 7) is 0.0981. The Morgan fingerprint density at radius 1 is 1.11 bits per heavy atom. The molecule has 0 atom stereocenters. The lowest BCUT2D eigenvalue weighted by Crippen LogP contribution is -2.00. The van der Waals surface area contributed by atoms with E-state index in [9.17, 15) is 8.78 Å². The first-order valence-electron chi connectivity index (χ1n) is 5.18. The summed E-state index contributed by atoms with van der Waals surface area (Å²) < 4.78 is 31.8. The minimum atomic E-state index is -0.711. The molecule has 94 valence electrons. The summed E-state index contributed by atoms with van der Waals surface area (Å²) in [6, 6.07) is 8.75. The fourth-order valence-corrected chi connectivity index (χ4v) is 1.66. The van der Waals surface area contributed by atoms with E-state index in [-0.39, 0.29) is 18.0 Å². The number of hydrogen-bond acceptors (Lipinski definition) is 2. The summed E-state index contributed by atoms with van der Waals surface area (Å²) in [5.74, 6) is -1.59. The number of rotatable bonds is 3. The number of hydrogen-bond donors (Lipinski definition) is 1. The van der Waals surface area contributed by atoms with E-state index < -0.39 is 11.6 Å². The number of benzene rings is 2. The molecule has 0 bridgehead atoms. The Labute approximate surface area is 108 Å². The predicted octanol–water partition coefficient (Wildman–Crippen LogP) is 3.78. The van der Waals surface area contributed by atoms with Gasteiger partial charge in [-0.2, -0.15) is 0 Å². The van der Waals surface area contributed by atoms with Crippen LogP contribution in [0.5, 0.6) is 5.75 Å². The minimum absolute atomic E-state index is 0.0981. The molecular weight excluding hydrogens is 260 g/mol. The largest absolute Gasteiger partial charge is 0.486 e. The zero-order chi connectivity index (χ0) is 13.1. The second-order valence-electron chi connectivity index (χ2n) is 3.72. The van der Waals surface area contributed by atoms with Gasteiger partial charge in [0.25, 0.3) is 0 Å². The number of ether oxygens (including phenoxy) is 1. The molecule has 0 unspecified atom stereocenters. The van der Waals surface area contributed by atoms with Crippen LogP contribution < -0.4 is 10.5 Å². The standard InChI is InChI=1S/C13H10ClF2NO/c14-9-3-1-2-8(4-9)7-18-13-6-10(15)12(17)5-11(13)16/h1-6H,7,17H2. The molecule has 2 rings (SSSR count). The topological polar surface area (TPSA) is 35.2 Å². The van der Waals surface area contributed by atoms with Crippen LogP contribution in [0.2, 0.25) is 5.02 Å². The first-order valence-corrected chi connectivity index (χ1v) is 5.56. The Kier molecular flexibility index (Phi) is 3.67. The maximum absolute atomic E-state index is 13.4. The van der Waals surface area contributed by atoms with Gasteiger partial charge in [-0.15, -0.1) is 0 Å². The highest BCUT2D eigenvalue weighted by molar-refractivity contribution is 6.30. The Morgan fingerprint density at radius 3 is 2.61 bits per heavy atom. The zero-order valence-electron chi connectivity index (χ0n) is 9.29. The molecule has 0 radical (unpaired) electrons. The Morgan fingerprint density at radius 2 is 1.89 bits per heavy atom. The molecule has 2 aromatic rings. The van der Waals surface area contributed by atoms with Crippen LogP contribution in [0.15, 0.2) is 36.4 Å². The summed E-state index contributed by atoms with van der Waals surface area (Å²) >= 11 is 5.80. The van der Waals surface area contributed by atoms with Gasteiger partial charge in [0.05, 0.1) is 5.69 Å². The molecule has 2 N–H and O–H groups in total. The van der Waals surface area contributed by atoms with Gasteiger partial charge in [-0.25, -0.2) is 8.78 Å². The molecular formula is C13H10ClF2NO. The summed E-state index contributed by atoms with van der Waals surface area (Å²) in [5.41, 5.74) is 5.74. The average molecular weight is 270 g/mol. The average Bonchev–Trinajstić information content (AvgIpc) is 2.32. The molecule has 0 aliphatic carbocycles. The highest BCUT2D eigenvalue weighted by atomic mass is 35.5. The second kappa shape index (κ2) is 5.23. The van der Waals surface area contributed by atoms with Crippen LogP contribution in [0.4, 0.5) is 14.5 Å². The predicted molar refractivity (Wildman–Crippen MR) is 66.6 cm³/mol. The maximum atomic E-state index is 13.4. The van der Waals surface area contributed by atoms with Crippen molar-refractivity contribution >= 4 is 17.3 Å². The number of halogens is 3. The zero-order valence-corrected chi connectivity index (χ0v) is 10.0. The van der Waals surface area contributed by atoms with Crippen LogP contribution in [0.3, 0.4) is 0 Å². The van der Waals surface area contributed by atoms with Gasteiger partial charge < -0.3 is 10.5 Å². The van der Waals surface area contributed by atoms with Crippen LogP contribution in [-0.2, 0) is 6.61 Å². The van der Waals surface area contributed by atoms with Gasteiger partial charge in [0, 0.05) is 17.2 Å². The molecule has 0 saturated carbocycles. The summed E-state index contributed by atoms with van der Waals surface area (Å²) in [4.78, 5) is 0. The first kappa shape index (κ1) is 12.6. The summed E-state index contributed by atoms with van der Waals surface area (Å²) in [5, 5.41) is 0.556. The first-order chi connectivity index (χ1) is 8.56. The minimum Gasteiger partial charge on any atom is -0.486 e. The van der Waals surface area contributed by atoms with Crippen molar-refractivity contribution in [2.75, 3.05) is 5.73 Å². The lowest BCUT2D eigenvalue weighted by atomic mass is 10.2. The molecule has 0 heterocycles. The lowest BCUT2D eigenvalue weighted by molar-refractivity contribution is 0.288. The van der Waals surface area contributed by atoms with Gasteiger partial charge in [-0.3, -0.25) is 0 Å². The van der Waals surface area contributed by atoms with Crippen molar-refractivity contribution in [1.82, 2.24) is 0 Å². The van der Waals surface area contributed by atoms with Crippen molar-refractivity contribution in [3.8, 4) is 5.75 Å². The van der Waals surface area contributed by atoms with Crippen molar-refractivity contribution in [3.63, 3.8) is 0 Å². The Balaban J connectivity index is 2.13. The van der Waals surface area contributed by atoms with Crippen molar-refractivity contribution in [2.45, 2.75) is 6.61 Å². The van der Waals surface area contributed by atoms with E-state index in [1.165, 1.54) is 0 Å². The van der Waals surface area contributed by atoms with E-state index in [1.54, 1.807) is 24.3 Å². The Hall–Kier alpha value is -1.81. The number of nitrogen functional groups attached to an aromatic ring is 1. The SMILES string of the molecule is Nc1cc(F)c(OCc2cccc(Cl)c2)cc1F. The van der Waals surface area contributed by atoms with Crippen LogP contribution in [0, 0.1) is 11.6 Å². The highest BCUT2D eigenvalue weighted by Crippen LogP contribution is 2.24. The van der Waals surface area contributed by atoms with E-state index in [1.807, 2.05) is 0 Å². The van der Waals surface area contributed by atoms with Crippen LogP contribution in [0.25, 0.3) is 0 Å². The quantitative estimate of drug-likeness (QED) is 0.861. The number of anilines is 1. The van der Waals surface area contributed by atoms with Crippen molar-refractivity contribution < 1.29 is 13.5 Å². The van der Waals surface area contributed by atoms with Gasteiger partial charge in [0.15, 0.2) is 11.6 Å². The summed E-state index contributed by atoms with van der Waals surface area (Å²) in [6.07, 6.45) is 0. The molecule has 0 spiro atoms. The van der Waals surface area contributed by atoms with Crippen molar-refractivity contribution in [2.24, 2.45) is 0 Å². The van der Waals surface area contributed by atoms with E-state index in [0.29, 0.717) is 5.02 Å². The molecule has 0 aliphatic rings. The Bertz CT molecular complexity index is 575. The van der Waals surface area contributed by atoms with E-state index in [0.717, 1.165) is 17.7 Å². The van der Waals surface area contributed by atoms with Crippen LogP contribution in [-0.4, -0.2) is 0 Å². The van der Waals surface area contributed by atoms with Gasteiger partial charge in [0.2, 0.25) is 0 Å². The van der Waals surface area contributed by atoms with Crippen molar-refractivity contribution in [3.05, 3.63) is 58.6 Å². The molecule has 18 heavy (non-hydrogen) atoms. The smallest absolute Gasteiger partial charge is 0.167 e. The fourth-order valence-electron chi connectivity index (χ4n) is 1.44. The fraction of sp³-hybridized carbons (Fsp3) is 0.0769. The normalized spacial score (nSPS) is 10.4. The molecule has 2 aromatic carbocycles. The van der Waals surface area contributed by atoms with Gasteiger partial charge in [-0.1, -0.05) is 23.7 Å². The van der Waals surface area contributed by atoms with Gasteiger partial charge in [-0.05, 0) is 17.7 Å². The third-order valence-corrected chi connectivity index (χ3v) is 2.57. The molecule has 0 aromatic heterocycles. The lowest BCUT2D eigenvalue weighted by Gasteiger charge is -2.08. The highest BCUT2D eigenvalue weighted by Gasteiger charge is 2.09. The molecule has 0 saturated heterocycles. The van der Waals surface area contributed by atoms with Crippen LogP contribution in [0.1, 0.15) is 5.56 Å². The third-order valence-electron chi connectivity index (χ3n) is 2.33. The second-order valence-corrected chi connectivity index (χ2v) is 4.16. The van der Waals surface area contributed by atoms with Gasteiger partial charge in [0.1, 0.15) is 12.4 Å². The third kappa shape index (κ3) is 2.90. The maximum Gasteiger partial charge on any atom is 0.167 e.